The summed E-state index contributed by atoms with van der Waals surface area (Å²) >= 11 is 0. The Labute approximate surface area is 398 Å². The molecule has 0 spiro atoms. The maximum atomic E-state index is 5.31. The molecule has 2 heteroatoms. The summed E-state index contributed by atoms with van der Waals surface area (Å²) in [6.07, 6.45) is 0. The molecule has 0 radical (unpaired) electrons. The molecule has 1 heterocycles. The molecule has 2 nitrogen and oxygen atoms in total. The van der Waals surface area contributed by atoms with Gasteiger partial charge in [-0.05, 0) is 165 Å². The van der Waals surface area contributed by atoms with Crippen LogP contribution in [0.15, 0.2) is 194 Å². The highest BCUT2D eigenvalue weighted by molar-refractivity contribution is 6.23. The number of benzene rings is 10. The van der Waals surface area contributed by atoms with Gasteiger partial charge in [-0.15, -0.1) is 0 Å². The fraction of sp³-hybridized carbons (Fsp3) is 0.136. The van der Waals surface area contributed by atoms with Gasteiger partial charge in [0.1, 0.15) is 5.82 Å². The summed E-state index contributed by atoms with van der Waals surface area (Å²) < 4.78 is 2.32. The highest BCUT2D eigenvalue weighted by Gasteiger charge is 2.40. The average Bonchev–Trinajstić information content (AvgIpc) is 4.01. The van der Waals surface area contributed by atoms with Crippen molar-refractivity contribution in [2.45, 2.75) is 57.8 Å². The number of nitrogens with zero attached hydrogens (tertiary/aromatic N) is 2. The van der Waals surface area contributed by atoms with Gasteiger partial charge in [0.25, 0.3) is 0 Å². The number of fused-ring (bicyclic) bond motifs is 12. The van der Waals surface area contributed by atoms with E-state index in [-0.39, 0.29) is 16.2 Å². The summed E-state index contributed by atoms with van der Waals surface area (Å²) in [6.45, 7) is 14.4. The van der Waals surface area contributed by atoms with Gasteiger partial charge in [0, 0.05) is 27.5 Å². The van der Waals surface area contributed by atoms with Crippen molar-refractivity contribution in [3.05, 3.63) is 228 Å². The molecule has 0 saturated heterocycles. The quantitative estimate of drug-likeness (QED) is 0.161. The number of para-hydroxylation sites is 3. The zero-order valence-corrected chi connectivity index (χ0v) is 39.4. The van der Waals surface area contributed by atoms with Crippen LogP contribution in [-0.2, 0) is 16.2 Å². The van der Waals surface area contributed by atoms with Crippen molar-refractivity contribution >= 4 is 32.6 Å². The number of hydrogen-bond acceptors (Lipinski definition) is 1. The highest BCUT2D eigenvalue weighted by atomic mass is 15.1. The minimum absolute atomic E-state index is 0.119. The van der Waals surface area contributed by atoms with Gasteiger partial charge in [-0.25, -0.2) is 4.98 Å². The lowest BCUT2D eigenvalue weighted by atomic mass is 9.77. The van der Waals surface area contributed by atoms with E-state index in [0.29, 0.717) is 0 Å². The lowest BCUT2D eigenvalue weighted by Crippen LogP contribution is -2.15. The molecule has 324 valence electrons. The summed E-state index contributed by atoms with van der Waals surface area (Å²) in [4.78, 5) is 5.31. The Bertz CT molecular complexity index is 3990. The van der Waals surface area contributed by atoms with Crippen molar-refractivity contribution in [3.8, 4) is 72.7 Å². The van der Waals surface area contributed by atoms with Gasteiger partial charge in [0.05, 0.1) is 11.0 Å². The normalized spacial score (nSPS) is 15.3. The minimum atomic E-state index is -0.285. The maximum absolute atomic E-state index is 5.31. The SMILES string of the molecule is CC1(C)c2ccccc2-c2ccc(-c3c4ccccc4c(-c4ccc5c(c4)C(C)(C)c4ccccc4-5)c4cc5c(cc34)-c3ccc(-c4nc6ccccc6n4-c4ccccc4)cc3C5(C)C)cc21. The van der Waals surface area contributed by atoms with Crippen molar-refractivity contribution in [3.63, 3.8) is 0 Å². The standard InChI is InChI=1S/C66H50N2/c1-64(2)53-24-14-12-20-43(53)45-31-28-39(34-55(45)64)61-48-22-10-11-23-49(48)62(40-29-32-46-44-21-13-15-25-54(44)65(3,4)56(46)35-40)52-38-58-50(37-51(52)61)47-33-30-41(36-57(47)66(58,5)6)63-67-59-26-16-17-27-60(59)68(63)42-18-8-7-9-19-42/h7-38H,1-6H3. The van der Waals surface area contributed by atoms with E-state index in [9.17, 15) is 0 Å². The van der Waals surface area contributed by atoms with Crippen LogP contribution >= 0.6 is 0 Å². The Morgan fingerprint density at radius 3 is 1.35 bits per heavy atom. The maximum Gasteiger partial charge on any atom is 0.145 e. The molecule has 0 N–H and O–H groups in total. The fourth-order valence-corrected chi connectivity index (χ4v) is 12.9. The topological polar surface area (TPSA) is 17.8 Å². The van der Waals surface area contributed by atoms with E-state index >= 15 is 0 Å². The lowest BCUT2D eigenvalue weighted by molar-refractivity contribution is 0.660. The molecular weight excluding hydrogens is 821 g/mol. The zero-order valence-electron chi connectivity index (χ0n) is 39.4. The van der Waals surface area contributed by atoms with Crippen molar-refractivity contribution in [1.82, 2.24) is 9.55 Å². The molecule has 0 saturated carbocycles. The highest BCUT2D eigenvalue weighted by Crippen LogP contribution is 2.57. The minimum Gasteiger partial charge on any atom is -0.292 e. The summed E-state index contributed by atoms with van der Waals surface area (Å²) in [7, 11) is 0. The summed E-state index contributed by atoms with van der Waals surface area (Å²) in [5.74, 6) is 0.955. The molecule has 3 aliphatic carbocycles. The molecule has 0 aliphatic heterocycles. The van der Waals surface area contributed by atoms with Gasteiger partial charge in [-0.1, -0.05) is 181 Å². The molecule has 10 aromatic carbocycles. The first-order valence-corrected chi connectivity index (χ1v) is 24.2. The summed E-state index contributed by atoms with van der Waals surface area (Å²) in [5.41, 5.74) is 25.2. The van der Waals surface area contributed by atoms with Gasteiger partial charge in [-0.2, -0.15) is 0 Å². The van der Waals surface area contributed by atoms with Crippen molar-refractivity contribution in [2.75, 3.05) is 0 Å². The van der Waals surface area contributed by atoms with E-state index in [0.717, 1.165) is 28.1 Å². The Morgan fingerprint density at radius 1 is 0.324 bits per heavy atom. The number of hydrogen-bond donors (Lipinski definition) is 0. The predicted molar refractivity (Wildman–Crippen MR) is 285 cm³/mol. The number of aromatic nitrogens is 2. The van der Waals surface area contributed by atoms with Crippen LogP contribution in [0.4, 0.5) is 0 Å². The number of imidazole rings is 1. The first-order valence-electron chi connectivity index (χ1n) is 24.2. The van der Waals surface area contributed by atoms with Crippen LogP contribution in [-0.4, -0.2) is 9.55 Å². The van der Waals surface area contributed by atoms with Crippen molar-refractivity contribution in [2.24, 2.45) is 0 Å². The molecule has 11 aromatic rings. The third-order valence-electron chi connectivity index (χ3n) is 16.4. The Kier molecular flexibility index (Phi) is 7.90. The molecule has 68 heavy (non-hydrogen) atoms. The third-order valence-corrected chi connectivity index (χ3v) is 16.4. The van der Waals surface area contributed by atoms with E-state index in [1.54, 1.807) is 0 Å². The van der Waals surface area contributed by atoms with E-state index in [1.165, 1.54) is 111 Å². The Balaban J connectivity index is 1.04. The molecule has 0 amide bonds. The molecule has 1 aromatic heterocycles. The van der Waals surface area contributed by atoms with Crippen LogP contribution < -0.4 is 0 Å². The molecule has 3 aliphatic rings. The van der Waals surface area contributed by atoms with Gasteiger partial charge in [-0.3, -0.25) is 4.57 Å². The first kappa shape index (κ1) is 39.4. The largest absolute Gasteiger partial charge is 0.292 e. The summed E-state index contributed by atoms with van der Waals surface area (Å²) in [6, 6.07) is 73.1. The lowest BCUT2D eigenvalue weighted by Gasteiger charge is -2.25. The fourth-order valence-electron chi connectivity index (χ4n) is 12.9. The van der Waals surface area contributed by atoms with E-state index in [4.69, 9.17) is 4.98 Å². The molecule has 0 fully saturated rings. The van der Waals surface area contributed by atoms with E-state index in [1.807, 2.05) is 0 Å². The second-order valence-electron chi connectivity index (χ2n) is 21.1. The molecular formula is C66H50N2. The number of rotatable bonds is 4. The molecule has 14 rings (SSSR count). The van der Waals surface area contributed by atoms with Crippen LogP contribution in [0.1, 0.15) is 74.9 Å². The van der Waals surface area contributed by atoms with E-state index in [2.05, 4.69) is 240 Å². The van der Waals surface area contributed by atoms with Crippen molar-refractivity contribution < 1.29 is 0 Å². The van der Waals surface area contributed by atoms with Gasteiger partial charge in [0.2, 0.25) is 0 Å². The first-order chi connectivity index (χ1) is 33.0. The van der Waals surface area contributed by atoms with Crippen LogP contribution in [0.2, 0.25) is 0 Å². The van der Waals surface area contributed by atoms with Crippen LogP contribution in [0, 0.1) is 0 Å². The van der Waals surface area contributed by atoms with Gasteiger partial charge >= 0.3 is 0 Å². The van der Waals surface area contributed by atoms with Crippen LogP contribution in [0.5, 0.6) is 0 Å². The van der Waals surface area contributed by atoms with Gasteiger partial charge < -0.3 is 0 Å². The smallest absolute Gasteiger partial charge is 0.145 e. The second kappa shape index (κ2) is 13.6. The van der Waals surface area contributed by atoms with Gasteiger partial charge in [0.15, 0.2) is 0 Å². The third kappa shape index (κ3) is 5.21. The molecule has 0 unspecified atom stereocenters. The second-order valence-corrected chi connectivity index (χ2v) is 21.1. The Morgan fingerprint density at radius 2 is 0.750 bits per heavy atom. The van der Waals surface area contributed by atoms with Crippen LogP contribution in [0.3, 0.4) is 0 Å². The average molecular weight is 871 g/mol. The summed E-state index contributed by atoms with van der Waals surface area (Å²) in [5, 5.41) is 5.13. The monoisotopic (exact) mass is 870 g/mol. The molecule has 0 atom stereocenters. The molecule has 0 bridgehead atoms. The zero-order chi connectivity index (χ0) is 45.8. The van der Waals surface area contributed by atoms with E-state index < -0.39 is 0 Å². The van der Waals surface area contributed by atoms with Crippen LogP contribution in [0.25, 0.3) is 105 Å². The van der Waals surface area contributed by atoms with Crippen molar-refractivity contribution in [1.29, 1.82) is 0 Å². The predicted octanol–water partition coefficient (Wildman–Crippen LogP) is 17.3. The Hall–Kier alpha value is -7.81.